The van der Waals surface area contributed by atoms with Crippen molar-refractivity contribution in [1.29, 1.82) is 0 Å². The number of nitrogens with two attached hydrogens (primary N) is 1. The maximum absolute atomic E-state index is 12.6. The van der Waals surface area contributed by atoms with Crippen molar-refractivity contribution in [3.05, 3.63) is 35.4 Å². The number of halogens is 4. The summed E-state index contributed by atoms with van der Waals surface area (Å²) in [6, 6.07) is 5.70. The zero-order valence-electron chi connectivity index (χ0n) is 12.6. The second-order valence-electron chi connectivity index (χ2n) is 6.19. The van der Waals surface area contributed by atoms with Crippen molar-refractivity contribution in [3.63, 3.8) is 0 Å². The largest absolute Gasteiger partial charge is 0.416 e. The Balaban J connectivity index is 0.00000192. The predicted molar refractivity (Wildman–Crippen MR) is 85.1 cm³/mol. The van der Waals surface area contributed by atoms with Gasteiger partial charge in [0.25, 0.3) is 0 Å². The molecule has 3 atom stereocenters. The number of benzene rings is 1. The molecular formula is C15H22ClF3N4. The van der Waals surface area contributed by atoms with E-state index in [0.717, 1.165) is 50.3 Å². The molecule has 0 radical (unpaired) electrons. The third-order valence-corrected chi connectivity index (χ3v) is 4.49. The molecule has 130 valence electrons. The topological polar surface area (TPSA) is 53.3 Å². The molecule has 2 heterocycles. The molecular weight excluding hydrogens is 329 g/mol. The molecule has 4 nitrogen and oxygen atoms in total. The molecule has 2 aliphatic heterocycles. The number of alkyl halides is 3. The lowest BCUT2D eigenvalue weighted by Crippen LogP contribution is -2.33. The number of nitrogens with zero attached hydrogens (tertiary/aromatic N) is 1. The van der Waals surface area contributed by atoms with Crippen LogP contribution in [0.1, 0.15) is 23.6 Å². The quantitative estimate of drug-likeness (QED) is 0.779. The zero-order chi connectivity index (χ0) is 15.7. The van der Waals surface area contributed by atoms with Gasteiger partial charge in [-0.3, -0.25) is 5.43 Å². The maximum atomic E-state index is 12.6. The highest BCUT2D eigenvalue weighted by molar-refractivity contribution is 5.85. The van der Waals surface area contributed by atoms with Crippen LogP contribution in [0.3, 0.4) is 0 Å². The van der Waals surface area contributed by atoms with E-state index in [0.29, 0.717) is 5.92 Å². The van der Waals surface area contributed by atoms with Gasteiger partial charge in [0.05, 0.1) is 11.6 Å². The van der Waals surface area contributed by atoms with Crippen LogP contribution in [-0.2, 0) is 6.18 Å². The lowest BCUT2D eigenvalue weighted by Gasteiger charge is -2.24. The van der Waals surface area contributed by atoms with Crippen LogP contribution in [0.25, 0.3) is 0 Å². The molecule has 0 aliphatic carbocycles. The number of nitrogens with one attached hydrogen (secondary N) is 2. The molecule has 4 N–H and O–H groups in total. The third-order valence-electron chi connectivity index (χ3n) is 4.49. The van der Waals surface area contributed by atoms with Gasteiger partial charge < -0.3 is 10.6 Å². The van der Waals surface area contributed by atoms with Gasteiger partial charge in [-0.25, -0.2) is 5.43 Å². The molecule has 2 saturated heterocycles. The first kappa shape index (κ1) is 18.5. The van der Waals surface area contributed by atoms with Gasteiger partial charge in [-0.1, -0.05) is 12.1 Å². The first-order valence-corrected chi connectivity index (χ1v) is 7.57. The van der Waals surface area contributed by atoms with Gasteiger partial charge in [-0.05, 0) is 30.7 Å². The van der Waals surface area contributed by atoms with Crippen LogP contribution >= 0.6 is 12.4 Å². The van der Waals surface area contributed by atoms with Gasteiger partial charge in [-0.15, -0.1) is 12.4 Å². The summed E-state index contributed by atoms with van der Waals surface area (Å²) < 4.78 is 37.9. The normalized spacial score (nSPS) is 28.8. The summed E-state index contributed by atoms with van der Waals surface area (Å²) in [6.07, 6.45) is -3.27. The van der Waals surface area contributed by atoms with E-state index in [1.165, 1.54) is 0 Å². The average molecular weight is 351 g/mol. The van der Waals surface area contributed by atoms with Gasteiger partial charge in [0.15, 0.2) is 0 Å². The molecule has 2 fully saturated rings. The Hall–Kier alpha value is -0.860. The number of hydrazine groups is 1. The Morgan fingerprint density at radius 3 is 2.48 bits per heavy atom. The molecule has 1 aromatic rings. The molecule has 0 bridgehead atoms. The third kappa shape index (κ3) is 4.36. The monoisotopic (exact) mass is 350 g/mol. The first-order valence-electron chi connectivity index (χ1n) is 7.57. The van der Waals surface area contributed by atoms with E-state index in [1.807, 2.05) is 0 Å². The highest BCUT2D eigenvalue weighted by Gasteiger charge is 2.33. The van der Waals surface area contributed by atoms with Crippen LogP contribution in [-0.4, -0.2) is 37.1 Å². The fourth-order valence-electron chi connectivity index (χ4n) is 3.30. The average Bonchev–Trinajstić information content (AvgIpc) is 3.08. The minimum atomic E-state index is -4.29. The van der Waals surface area contributed by atoms with Crippen molar-refractivity contribution >= 4 is 12.4 Å². The fraction of sp³-hybridized carbons (Fsp3) is 0.600. The standard InChI is InChI=1S/C15H21F3N4.ClH/c16-15(17,18)12-3-1-10(2-4-12)14-11(7-20-21-14)8-22-6-5-13(19)9-22;/h1-4,11,13-14,20-21H,5-9,19H2;1H. The van der Waals surface area contributed by atoms with Gasteiger partial charge in [-0.2, -0.15) is 13.2 Å². The number of hydrogen-bond acceptors (Lipinski definition) is 4. The summed E-state index contributed by atoms with van der Waals surface area (Å²) in [5, 5.41) is 0. The highest BCUT2D eigenvalue weighted by atomic mass is 35.5. The summed E-state index contributed by atoms with van der Waals surface area (Å²) >= 11 is 0. The summed E-state index contributed by atoms with van der Waals surface area (Å²) in [7, 11) is 0. The zero-order valence-corrected chi connectivity index (χ0v) is 13.5. The molecule has 0 saturated carbocycles. The minimum absolute atomic E-state index is 0. The van der Waals surface area contributed by atoms with Crippen molar-refractivity contribution in [3.8, 4) is 0 Å². The second kappa shape index (κ2) is 7.36. The van der Waals surface area contributed by atoms with E-state index in [1.54, 1.807) is 12.1 Å². The summed E-state index contributed by atoms with van der Waals surface area (Å²) in [5.41, 5.74) is 12.5. The van der Waals surface area contributed by atoms with Crippen molar-refractivity contribution in [2.45, 2.75) is 24.7 Å². The van der Waals surface area contributed by atoms with Crippen LogP contribution in [0.5, 0.6) is 0 Å². The fourth-order valence-corrected chi connectivity index (χ4v) is 3.30. The Labute approximate surface area is 140 Å². The Kier molecular flexibility index (Phi) is 5.91. The van der Waals surface area contributed by atoms with Gasteiger partial charge in [0.1, 0.15) is 0 Å². The number of hydrogen-bond donors (Lipinski definition) is 3. The molecule has 8 heteroatoms. The van der Waals surface area contributed by atoms with Crippen LogP contribution in [0.2, 0.25) is 0 Å². The van der Waals surface area contributed by atoms with Crippen molar-refractivity contribution in [2.24, 2.45) is 11.7 Å². The summed E-state index contributed by atoms with van der Waals surface area (Å²) in [5.74, 6) is 0.321. The maximum Gasteiger partial charge on any atom is 0.416 e. The smallest absolute Gasteiger partial charge is 0.326 e. The van der Waals surface area contributed by atoms with E-state index in [-0.39, 0.29) is 24.5 Å². The Morgan fingerprint density at radius 1 is 1.22 bits per heavy atom. The second-order valence-corrected chi connectivity index (χ2v) is 6.19. The van der Waals surface area contributed by atoms with Gasteiger partial charge in [0, 0.05) is 31.6 Å². The van der Waals surface area contributed by atoms with Crippen molar-refractivity contribution in [2.75, 3.05) is 26.2 Å². The lowest BCUT2D eigenvalue weighted by molar-refractivity contribution is -0.137. The SMILES string of the molecule is Cl.NC1CCN(CC2CNNC2c2ccc(C(F)(F)F)cc2)C1. The molecule has 0 amide bonds. The molecule has 3 rings (SSSR count). The Bertz CT molecular complexity index is 508. The number of rotatable bonds is 3. The van der Waals surface area contributed by atoms with Gasteiger partial charge >= 0.3 is 6.18 Å². The van der Waals surface area contributed by atoms with Crippen LogP contribution < -0.4 is 16.6 Å². The van der Waals surface area contributed by atoms with E-state index in [9.17, 15) is 13.2 Å². The van der Waals surface area contributed by atoms with E-state index in [4.69, 9.17) is 5.73 Å². The van der Waals surface area contributed by atoms with Crippen LogP contribution in [0, 0.1) is 5.92 Å². The number of likely N-dealkylation sites (tertiary alicyclic amines) is 1. The summed E-state index contributed by atoms with van der Waals surface area (Å²) in [6.45, 7) is 3.60. The van der Waals surface area contributed by atoms with Gasteiger partial charge in [0.2, 0.25) is 0 Å². The van der Waals surface area contributed by atoms with E-state index < -0.39 is 11.7 Å². The Morgan fingerprint density at radius 2 is 1.91 bits per heavy atom. The highest BCUT2D eigenvalue weighted by Crippen LogP contribution is 2.32. The van der Waals surface area contributed by atoms with E-state index >= 15 is 0 Å². The first-order chi connectivity index (χ1) is 10.4. The molecule has 0 spiro atoms. The molecule has 23 heavy (non-hydrogen) atoms. The van der Waals surface area contributed by atoms with E-state index in [2.05, 4.69) is 15.8 Å². The molecule has 3 unspecified atom stereocenters. The van der Waals surface area contributed by atoms with Crippen LogP contribution in [0.15, 0.2) is 24.3 Å². The van der Waals surface area contributed by atoms with Crippen LogP contribution in [0.4, 0.5) is 13.2 Å². The molecule has 1 aromatic carbocycles. The van der Waals surface area contributed by atoms with Crippen molar-refractivity contribution in [1.82, 2.24) is 15.8 Å². The molecule has 2 aliphatic rings. The molecule has 0 aromatic heterocycles. The summed E-state index contributed by atoms with van der Waals surface area (Å²) in [4.78, 5) is 2.33. The minimum Gasteiger partial charge on any atom is -0.326 e. The lowest BCUT2D eigenvalue weighted by atomic mass is 9.94. The predicted octanol–water partition coefficient (Wildman–Crippen LogP) is 1.93. The van der Waals surface area contributed by atoms with Crippen molar-refractivity contribution < 1.29 is 13.2 Å².